The van der Waals surface area contributed by atoms with Crippen molar-refractivity contribution in [2.75, 3.05) is 7.05 Å². The number of rotatable bonds is 3. The van der Waals surface area contributed by atoms with Gasteiger partial charge in [0, 0.05) is 13.6 Å². The number of carbonyl (C=O) groups excluding carboxylic acids is 1. The van der Waals surface area contributed by atoms with Gasteiger partial charge in [-0.2, -0.15) is 0 Å². The van der Waals surface area contributed by atoms with E-state index in [1.807, 2.05) is 12.1 Å². The van der Waals surface area contributed by atoms with E-state index in [-0.39, 0.29) is 11.3 Å². The third-order valence-electron chi connectivity index (χ3n) is 3.29. The molecular formula is C17H21NO2. The Balaban J connectivity index is 2.12. The van der Waals surface area contributed by atoms with E-state index >= 15 is 0 Å². The minimum absolute atomic E-state index is 0.101. The molecule has 0 aliphatic carbocycles. The quantitative estimate of drug-likeness (QED) is 0.849. The van der Waals surface area contributed by atoms with Gasteiger partial charge in [0.1, 0.15) is 0 Å². The molecule has 0 spiro atoms. The summed E-state index contributed by atoms with van der Waals surface area (Å²) in [6, 6.07) is 11.8. The number of benzene rings is 1. The van der Waals surface area contributed by atoms with Crippen molar-refractivity contribution in [1.82, 2.24) is 4.90 Å². The summed E-state index contributed by atoms with van der Waals surface area (Å²) >= 11 is 0. The van der Waals surface area contributed by atoms with Crippen LogP contribution in [0.1, 0.15) is 42.5 Å². The van der Waals surface area contributed by atoms with Crippen molar-refractivity contribution < 1.29 is 9.21 Å². The molecule has 106 valence electrons. The normalized spacial score (nSPS) is 11.4. The summed E-state index contributed by atoms with van der Waals surface area (Å²) in [5, 5.41) is 0. The molecule has 0 bridgehead atoms. The van der Waals surface area contributed by atoms with Crippen LogP contribution in [0.2, 0.25) is 0 Å². The fourth-order valence-corrected chi connectivity index (χ4v) is 2.07. The van der Waals surface area contributed by atoms with Crippen LogP contribution in [0.15, 0.2) is 47.1 Å². The van der Waals surface area contributed by atoms with Gasteiger partial charge in [0.15, 0.2) is 5.76 Å². The van der Waals surface area contributed by atoms with Crippen molar-refractivity contribution in [1.29, 1.82) is 0 Å². The molecule has 0 aliphatic heterocycles. The molecule has 0 saturated heterocycles. The highest BCUT2D eigenvalue weighted by Crippen LogP contribution is 2.23. The summed E-state index contributed by atoms with van der Waals surface area (Å²) < 4.78 is 5.14. The van der Waals surface area contributed by atoms with E-state index in [2.05, 4.69) is 32.9 Å². The molecule has 0 unspecified atom stereocenters. The second kappa shape index (κ2) is 5.53. The van der Waals surface area contributed by atoms with Crippen LogP contribution in [0.5, 0.6) is 0 Å². The van der Waals surface area contributed by atoms with Crippen molar-refractivity contribution >= 4 is 5.91 Å². The zero-order valence-corrected chi connectivity index (χ0v) is 12.5. The molecular weight excluding hydrogens is 250 g/mol. The maximum absolute atomic E-state index is 12.1. The monoisotopic (exact) mass is 271 g/mol. The van der Waals surface area contributed by atoms with E-state index in [1.54, 1.807) is 24.1 Å². The molecule has 0 aliphatic rings. The van der Waals surface area contributed by atoms with Gasteiger partial charge < -0.3 is 9.32 Å². The van der Waals surface area contributed by atoms with Crippen LogP contribution in [-0.4, -0.2) is 17.9 Å². The van der Waals surface area contributed by atoms with Crippen molar-refractivity contribution in [2.24, 2.45) is 0 Å². The smallest absolute Gasteiger partial charge is 0.289 e. The molecule has 3 nitrogen and oxygen atoms in total. The lowest BCUT2D eigenvalue weighted by Gasteiger charge is -2.21. The third kappa shape index (κ3) is 3.29. The first-order valence-corrected chi connectivity index (χ1v) is 6.76. The lowest BCUT2D eigenvalue weighted by Crippen LogP contribution is -2.26. The number of carbonyl (C=O) groups is 1. The van der Waals surface area contributed by atoms with Crippen molar-refractivity contribution in [2.45, 2.75) is 32.7 Å². The number of hydrogen-bond donors (Lipinski definition) is 0. The predicted molar refractivity (Wildman–Crippen MR) is 79.6 cm³/mol. The fraction of sp³-hybridized carbons (Fsp3) is 0.353. The average molecular weight is 271 g/mol. The molecule has 1 heterocycles. The first-order valence-electron chi connectivity index (χ1n) is 6.76. The zero-order chi connectivity index (χ0) is 14.8. The van der Waals surface area contributed by atoms with Crippen LogP contribution in [0.3, 0.4) is 0 Å². The Morgan fingerprint density at radius 3 is 2.55 bits per heavy atom. The molecule has 0 fully saturated rings. The van der Waals surface area contributed by atoms with Crippen LogP contribution in [-0.2, 0) is 12.0 Å². The lowest BCUT2D eigenvalue weighted by molar-refractivity contribution is 0.0753. The molecule has 20 heavy (non-hydrogen) atoms. The van der Waals surface area contributed by atoms with Crippen LogP contribution >= 0.6 is 0 Å². The molecule has 2 aromatic rings. The Morgan fingerprint density at radius 2 is 1.95 bits per heavy atom. The molecule has 0 saturated carbocycles. The summed E-state index contributed by atoms with van der Waals surface area (Å²) in [7, 11) is 1.79. The first-order chi connectivity index (χ1) is 9.38. The van der Waals surface area contributed by atoms with E-state index in [0.29, 0.717) is 12.3 Å². The fourth-order valence-electron chi connectivity index (χ4n) is 2.07. The molecule has 1 aromatic carbocycles. The first kappa shape index (κ1) is 14.4. The van der Waals surface area contributed by atoms with Gasteiger partial charge >= 0.3 is 0 Å². The van der Waals surface area contributed by atoms with Crippen LogP contribution in [0, 0.1) is 0 Å². The Morgan fingerprint density at radius 1 is 1.20 bits per heavy atom. The van der Waals surface area contributed by atoms with E-state index in [9.17, 15) is 4.79 Å². The Bertz CT molecular complexity index is 579. The second-order valence-electron chi connectivity index (χ2n) is 6.09. The maximum atomic E-state index is 12.1. The standard InChI is InChI=1S/C17H21NO2/c1-17(2,3)14-8-5-7-13(11-14)12-18(4)16(19)15-9-6-10-20-15/h5-11H,12H2,1-4H3. The van der Waals surface area contributed by atoms with Gasteiger partial charge in [-0.05, 0) is 28.7 Å². The molecule has 1 aromatic heterocycles. The molecule has 1 amide bonds. The topological polar surface area (TPSA) is 33.5 Å². The zero-order valence-electron chi connectivity index (χ0n) is 12.5. The minimum atomic E-state index is -0.101. The molecule has 0 atom stereocenters. The Kier molecular flexibility index (Phi) is 3.98. The van der Waals surface area contributed by atoms with E-state index in [0.717, 1.165) is 5.56 Å². The number of amides is 1. The highest BCUT2D eigenvalue weighted by molar-refractivity contribution is 5.91. The van der Waals surface area contributed by atoms with Gasteiger partial charge in [0.2, 0.25) is 0 Å². The van der Waals surface area contributed by atoms with E-state index in [4.69, 9.17) is 4.42 Å². The largest absolute Gasteiger partial charge is 0.459 e. The van der Waals surface area contributed by atoms with Crippen molar-refractivity contribution in [3.8, 4) is 0 Å². The van der Waals surface area contributed by atoms with E-state index in [1.165, 1.54) is 11.8 Å². The summed E-state index contributed by atoms with van der Waals surface area (Å²) in [5.41, 5.74) is 2.51. The lowest BCUT2D eigenvalue weighted by atomic mass is 9.86. The van der Waals surface area contributed by atoms with Crippen molar-refractivity contribution in [3.63, 3.8) is 0 Å². The predicted octanol–water partition coefficient (Wildman–Crippen LogP) is 3.85. The van der Waals surface area contributed by atoms with Gasteiger partial charge in [0.25, 0.3) is 5.91 Å². The summed E-state index contributed by atoms with van der Waals surface area (Å²) in [5.74, 6) is 0.274. The number of furan rings is 1. The Hall–Kier alpha value is -2.03. The maximum Gasteiger partial charge on any atom is 0.289 e. The van der Waals surface area contributed by atoms with Crippen molar-refractivity contribution in [3.05, 3.63) is 59.5 Å². The average Bonchev–Trinajstić information content (AvgIpc) is 2.91. The second-order valence-corrected chi connectivity index (χ2v) is 6.09. The molecule has 0 N–H and O–H groups in total. The van der Waals surface area contributed by atoms with Crippen LogP contribution in [0.4, 0.5) is 0 Å². The summed E-state index contributed by atoms with van der Waals surface area (Å²) in [4.78, 5) is 13.8. The number of nitrogens with zero attached hydrogens (tertiary/aromatic N) is 1. The highest BCUT2D eigenvalue weighted by Gasteiger charge is 2.17. The Labute approximate surface area is 120 Å². The molecule has 0 radical (unpaired) electrons. The SMILES string of the molecule is CN(Cc1cccc(C(C)(C)C)c1)C(=O)c1ccco1. The molecule has 3 heteroatoms. The van der Waals surface area contributed by atoms with Gasteiger partial charge in [-0.1, -0.05) is 45.0 Å². The van der Waals surface area contributed by atoms with E-state index < -0.39 is 0 Å². The van der Waals surface area contributed by atoms with Gasteiger partial charge in [-0.25, -0.2) is 0 Å². The summed E-state index contributed by atoms with van der Waals surface area (Å²) in [6.07, 6.45) is 1.52. The molecule has 2 rings (SSSR count). The third-order valence-corrected chi connectivity index (χ3v) is 3.29. The van der Waals surface area contributed by atoms with Crippen LogP contribution < -0.4 is 0 Å². The van der Waals surface area contributed by atoms with Gasteiger partial charge in [0.05, 0.1) is 6.26 Å². The minimum Gasteiger partial charge on any atom is -0.459 e. The summed E-state index contributed by atoms with van der Waals surface area (Å²) in [6.45, 7) is 7.13. The highest BCUT2D eigenvalue weighted by atomic mass is 16.3. The van der Waals surface area contributed by atoms with Gasteiger partial charge in [-0.3, -0.25) is 4.79 Å². The van der Waals surface area contributed by atoms with Gasteiger partial charge in [-0.15, -0.1) is 0 Å². The van der Waals surface area contributed by atoms with Crippen LogP contribution in [0.25, 0.3) is 0 Å². The number of hydrogen-bond acceptors (Lipinski definition) is 2.